The maximum Gasteiger partial charge on any atom is 0.0355 e. The molecule has 5 aromatic carbocycles. The fraction of sp³-hybridized carbons (Fsp3) is 0.152. The summed E-state index contributed by atoms with van der Waals surface area (Å²) in [4.78, 5) is 0. The highest BCUT2D eigenvalue weighted by Gasteiger charge is 2.36. The molecule has 7 rings (SSSR count). The highest BCUT2D eigenvalue weighted by Crippen LogP contribution is 2.52. The molecule has 0 amide bonds. The van der Waals surface area contributed by atoms with E-state index in [1.54, 1.807) is 0 Å². The molecule has 0 bridgehead atoms. The van der Waals surface area contributed by atoms with Gasteiger partial charge in [0.25, 0.3) is 0 Å². The van der Waals surface area contributed by atoms with E-state index in [9.17, 15) is 0 Å². The van der Waals surface area contributed by atoms with Gasteiger partial charge in [-0.15, -0.1) is 11.3 Å². The number of benzene rings is 5. The van der Waals surface area contributed by atoms with E-state index in [-0.39, 0.29) is 5.41 Å². The van der Waals surface area contributed by atoms with Gasteiger partial charge >= 0.3 is 0 Å². The molecule has 6 aromatic rings. The quantitative estimate of drug-likeness (QED) is 0.244. The number of aryl methyl sites for hydroxylation is 1. The first-order valence-corrected chi connectivity index (χ1v) is 12.9. The molecule has 0 atom stereocenters. The molecule has 1 heteroatoms. The van der Waals surface area contributed by atoms with Crippen molar-refractivity contribution in [3.05, 3.63) is 119 Å². The third-order valence-corrected chi connectivity index (χ3v) is 8.95. The van der Waals surface area contributed by atoms with Crippen LogP contribution in [0.5, 0.6) is 0 Å². The average molecular weight is 455 g/mol. The van der Waals surface area contributed by atoms with Crippen molar-refractivity contribution in [3.63, 3.8) is 0 Å². The Hall–Kier alpha value is -3.42. The SMILES string of the molecule is Cc1cc2c(c3ccccc13)-c1ccc(Cc3ccc4sc5ccccc5c4c3)cc1C2(C)C. The first-order chi connectivity index (χ1) is 16.5. The van der Waals surface area contributed by atoms with Gasteiger partial charge in [0.1, 0.15) is 0 Å². The third kappa shape index (κ3) is 2.77. The Balaban J connectivity index is 1.34. The standard InChI is InChI=1S/C33H26S/c1-20-16-29-32(25-10-5-4-8-23(20)25)26-14-12-22(19-28(26)33(29,2)3)17-21-13-15-31-27(18-21)24-9-6-7-11-30(24)34-31/h4-16,18-19H,17H2,1-3H3. The van der Waals surface area contributed by atoms with E-state index in [1.165, 1.54) is 69.9 Å². The minimum Gasteiger partial charge on any atom is -0.135 e. The van der Waals surface area contributed by atoms with Crippen molar-refractivity contribution >= 4 is 42.3 Å². The van der Waals surface area contributed by atoms with Crippen LogP contribution in [0.25, 0.3) is 42.1 Å². The summed E-state index contributed by atoms with van der Waals surface area (Å²) in [6.45, 7) is 7.02. The normalized spacial score (nSPS) is 14.1. The van der Waals surface area contributed by atoms with Gasteiger partial charge in [0.2, 0.25) is 0 Å². The van der Waals surface area contributed by atoms with E-state index >= 15 is 0 Å². The molecule has 164 valence electrons. The van der Waals surface area contributed by atoms with Crippen LogP contribution in [0.2, 0.25) is 0 Å². The molecule has 0 nitrogen and oxygen atoms in total. The monoisotopic (exact) mass is 454 g/mol. The molecule has 34 heavy (non-hydrogen) atoms. The van der Waals surface area contributed by atoms with E-state index in [4.69, 9.17) is 0 Å². The number of hydrogen-bond donors (Lipinski definition) is 0. The van der Waals surface area contributed by atoms with Gasteiger partial charge in [-0.3, -0.25) is 0 Å². The third-order valence-electron chi connectivity index (χ3n) is 7.80. The summed E-state index contributed by atoms with van der Waals surface area (Å²) in [5, 5.41) is 5.50. The Labute approximate surface area is 204 Å². The van der Waals surface area contributed by atoms with Gasteiger partial charge < -0.3 is 0 Å². The van der Waals surface area contributed by atoms with E-state index in [0.29, 0.717) is 0 Å². The van der Waals surface area contributed by atoms with Gasteiger partial charge in [-0.05, 0) is 81.3 Å². The van der Waals surface area contributed by atoms with E-state index in [2.05, 4.69) is 112 Å². The highest BCUT2D eigenvalue weighted by atomic mass is 32.1. The van der Waals surface area contributed by atoms with Crippen molar-refractivity contribution in [2.24, 2.45) is 0 Å². The van der Waals surface area contributed by atoms with Crippen molar-refractivity contribution in [1.82, 2.24) is 0 Å². The van der Waals surface area contributed by atoms with Crippen LogP contribution in [-0.2, 0) is 11.8 Å². The van der Waals surface area contributed by atoms with Gasteiger partial charge in [0.05, 0.1) is 0 Å². The molecule has 1 aromatic heterocycles. The molecule has 0 fully saturated rings. The van der Waals surface area contributed by atoms with Gasteiger partial charge in [-0.2, -0.15) is 0 Å². The van der Waals surface area contributed by atoms with Gasteiger partial charge in [-0.1, -0.05) is 86.6 Å². The van der Waals surface area contributed by atoms with E-state index in [0.717, 1.165) is 6.42 Å². The minimum atomic E-state index is 0.00296. The molecular weight excluding hydrogens is 428 g/mol. The number of rotatable bonds is 2. The van der Waals surface area contributed by atoms with Gasteiger partial charge in [-0.25, -0.2) is 0 Å². The lowest BCUT2D eigenvalue weighted by atomic mass is 9.80. The summed E-state index contributed by atoms with van der Waals surface area (Å²) in [7, 11) is 0. The predicted octanol–water partition coefficient (Wildman–Crippen LogP) is 9.41. The fourth-order valence-electron chi connectivity index (χ4n) is 6.04. The molecule has 0 saturated carbocycles. The molecular formula is C33H26S. The van der Waals surface area contributed by atoms with Crippen LogP contribution < -0.4 is 0 Å². The minimum absolute atomic E-state index is 0.00296. The Morgan fingerprint density at radius 3 is 2.15 bits per heavy atom. The molecule has 0 N–H and O–H groups in total. The van der Waals surface area contributed by atoms with Crippen LogP contribution in [0.4, 0.5) is 0 Å². The van der Waals surface area contributed by atoms with Crippen molar-refractivity contribution in [3.8, 4) is 11.1 Å². The smallest absolute Gasteiger partial charge is 0.0355 e. The summed E-state index contributed by atoms with van der Waals surface area (Å²) < 4.78 is 2.74. The van der Waals surface area contributed by atoms with Crippen molar-refractivity contribution < 1.29 is 0 Å². The first-order valence-electron chi connectivity index (χ1n) is 12.1. The van der Waals surface area contributed by atoms with Crippen molar-refractivity contribution in [1.29, 1.82) is 0 Å². The van der Waals surface area contributed by atoms with Crippen LogP contribution >= 0.6 is 11.3 Å². The number of hydrogen-bond acceptors (Lipinski definition) is 1. The van der Waals surface area contributed by atoms with Crippen molar-refractivity contribution in [2.45, 2.75) is 32.6 Å². The zero-order valence-electron chi connectivity index (χ0n) is 19.8. The lowest BCUT2D eigenvalue weighted by Crippen LogP contribution is -2.15. The summed E-state index contributed by atoms with van der Waals surface area (Å²) in [5.74, 6) is 0. The number of fused-ring (bicyclic) bond motifs is 8. The Kier molecular flexibility index (Phi) is 4.14. The van der Waals surface area contributed by atoms with Crippen LogP contribution in [-0.4, -0.2) is 0 Å². The Morgan fingerprint density at radius 1 is 0.618 bits per heavy atom. The molecule has 1 aliphatic carbocycles. The largest absolute Gasteiger partial charge is 0.135 e. The summed E-state index contributed by atoms with van der Waals surface area (Å²) in [6.07, 6.45) is 0.958. The van der Waals surface area contributed by atoms with Crippen LogP contribution in [0.15, 0.2) is 91.0 Å². The second kappa shape index (κ2) is 7.04. The van der Waals surface area contributed by atoms with Crippen LogP contribution in [0.3, 0.4) is 0 Å². The van der Waals surface area contributed by atoms with E-state index in [1.807, 2.05) is 11.3 Å². The maximum absolute atomic E-state index is 2.47. The predicted molar refractivity (Wildman–Crippen MR) is 148 cm³/mol. The molecule has 0 aliphatic heterocycles. The molecule has 0 radical (unpaired) electrons. The summed E-state index contributed by atoms with van der Waals surface area (Å²) in [6, 6.07) is 34.2. The van der Waals surface area contributed by atoms with Crippen LogP contribution in [0, 0.1) is 6.92 Å². The summed E-state index contributed by atoms with van der Waals surface area (Å²) in [5.41, 5.74) is 9.89. The molecule has 0 unspecified atom stereocenters. The maximum atomic E-state index is 2.47. The molecule has 1 aliphatic rings. The van der Waals surface area contributed by atoms with Gasteiger partial charge in [0.15, 0.2) is 0 Å². The lowest BCUT2D eigenvalue weighted by Gasteiger charge is -2.23. The topological polar surface area (TPSA) is 0 Å². The Morgan fingerprint density at radius 2 is 1.29 bits per heavy atom. The average Bonchev–Trinajstić information content (AvgIpc) is 3.32. The number of thiophene rings is 1. The summed E-state index contributed by atoms with van der Waals surface area (Å²) >= 11 is 1.89. The molecule has 0 spiro atoms. The zero-order chi connectivity index (χ0) is 23.0. The second-order valence-electron chi connectivity index (χ2n) is 10.3. The molecule has 0 saturated heterocycles. The zero-order valence-corrected chi connectivity index (χ0v) is 20.6. The van der Waals surface area contributed by atoms with Crippen LogP contribution in [0.1, 0.15) is 41.7 Å². The first kappa shape index (κ1) is 20.0. The lowest BCUT2D eigenvalue weighted by molar-refractivity contribution is 0.659. The van der Waals surface area contributed by atoms with E-state index < -0.39 is 0 Å². The Bertz CT molecular complexity index is 1760. The van der Waals surface area contributed by atoms with Crippen molar-refractivity contribution in [2.75, 3.05) is 0 Å². The highest BCUT2D eigenvalue weighted by molar-refractivity contribution is 7.25. The second-order valence-corrected chi connectivity index (χ2v) is 11.4. The molecule has 1 heterocycles. The van der Waals surface area contributed by atoms with Gasteiger partial charge in [0, 0.05) is 25.6 Å². The fourth-order valence-corrected chi connectivity index (χ4v) is 7.13.